The van der Waals surface area contributed by atoms with Crippen molar-refractivity contribution in [1.82, 2.24) is 0 Å². The molecule has 1 atom stereocenters. The van der Waals surface area contributed by atoms with E-state index in [2.05, 4.69) is 0 Å². The highest BCUT2D eigenvalue weighted by atomic mass is 16.5. The van der Waals surface area contributed by atoms with Gasteiger partial charge in [0.25, 0.3) is 0 Å². The summed E-state index contributed by atoms with van der Waals surface area (Å²) in [5.74, 6) is -0.442. The second kappa shape index (κ2) is 3.96. The Kier molecular flexibility index (Phi) is 2.64. The number of hydrogen-bond donors (Lipinski definition) is 0. The van der Waals surface area contributed by atoms with Crippen molar-refractivity contribution in [2.45, 2.75) is 19.8 Å². The Morgan fingerprint density at radius 1 is 1.50 bits per heavy atom. The van der Waals surface area contributed by atoms with Crippen molar-refractivity contribution in [2.75, 3.05) is 6.61 Å². The molecule has 0 saturated carbocycles. The highest BCUT2D eigenvalue weighted by Gasteiger charge is 2.29. The van der Waals surface area contributed by atoms with Crippen LogP contribution in [0.3, 0.4) is 0 Å². The molecule has 0 amide bonds. The molecule has 0 aromatic heterocycles. The minimum atomic E-state index is -0.378. The Morgan fingerprint density at radius 2 is 2.25 bits per heavy atom. The van der Waals surface area contributed by atoms with Crippen molar-refractivity contribution >= 4 is 11.9 Å². The van der Waals surface area contributed by atoms with Crippen LogP contribution in [-0.2, 0) is 9.53 Å². The molecule has 1 heterocycles. The zero-order chi connectivity index (χ0) is 11.7. The van der Waals surface area contributed by atoms with Gasteiger partial charge in [-0.25, -0.2) is 4.79 Å². The van der Waals surface area contributed by atoms with Crippen LogP contribution in [0.25, 0.3) is 0 Å². The van der Waals surface area contributed by atoms with Gasteiger partial charge < -0.3 is 9.47 Å². The van der Waals surface area contributed by atoms with E-state index in [1.54, 1.807) is 32.0 Å². The van der Waals surface area contributed by atoms with E-state index in [0.717, 1.165) is 5.56 Å². The Labute approximate surface area is 93.2 Å². The fourth-order valence-electron chi connectivity index (χ4n) is 1.64. The first-order valence-corrected chi connectivity index (χ1v) is 5.16. The van der Waals surface area contributed by atoms with Crippen LogP contribution in [0.1, 0.15) is 35.7 Å². The number of carbonyl (C=O) groups excluding carboxylic acids is 2. The van der Waals surface area contributed by atoms with Crippen molar-refractivity contribution in [3.63, 3.8) is 0 Å². The lowest BCUT2D eigenvalue weighted by Gasteiger charge is -2.04. The normalized spacial score (nSPS) is 17.9. The van der Waals surface area contributed by atoms with E-state index < -0.39 is 0 Å². The van der Waals surface area contributed by atoms with Crippen LogP contribution in [0, 0.1) is 0 Å². The molecular weight excluding hydrogens is 208 g/mol. The summed E-state index contributed by atoms with van der Waals surface area (Å²) < 4.78 is 9.91. The molecule has 4 heteroatoms. The first-order valence-electron chi connectivity index (χ1n) is 5.16. The summed E-state index contributed by atoms with van der Waals surface area (Å²) in [4.78, 5) is 22.8. The molecule has 0 N–H and O–H groups in total. The third-order valence-electron chi connectivity index (χ3n) is 2.55. The van der Waals surface area contributed by atoms with Gasteiger partial charge >= 0.3 is 11.9 Å². The Bertz CT molecular complexity index is 450. The minimum absolute atomic E-state index is 0.281. The van der Waals surface area contributed by atoms with Crippen molar-refractivity contribution in [2.24, 2.45) is 0 Å². The van der Waals surface area contributed by atoms with Crippen molar-refractivity contribution < 1.29 is 19.1 Å². The Hall–Kier alpha value is -1.84. The molecule has 0 saturated heterocycles. The summed E-state index contributed by atoms with van der Waals surface area (Å²) in [5.41, 5.74) is 1.20. The van der Waals surface area contributed by atoms with E-state index in [1.165, 1.54) is 0 Å². The van der Waals surface area contributed by atoms with Crippen LogP contribution in [-0.4, -0.2) is 18.5 Å². The predicted octanol–water partition coefficient (Wildman–Crippen LogP) is 1.89. The van der Waals surface area contributed by atoms with Crippen LogP contribution in [0.2, 0.25) is 0 Å². The molecule has 4 nitrogen and oxygen atoms in total. The number of benzene rings is 1. The van der Waals surface area contributed by atoms with Crippen molar-refractivity contribution in [1.29, 1.82) is 0 Å². The van der Waals surface area contributed by atoms with Crippen LogP contribution in [0.4, 0.5) is 0 Å². The van der Waals surface area contributed by atoms with Gasteiger partial charge in [-0.15, -0.1) is 0 Å². The highest BCUT2D eigenvalue weighted by Crippen LogP contribution is 2.35. The molecule has 1 aliphatic heterocycles. The highest BCUT2D eigenvalue weighted by molar-refractivity contribution is 5.92. The molecule has 0 radical (unpaired) electrons. The maximum atomic E-state index is 11.5. The Morgan fingerprint density at radius 3 is 2.94 bits per heavy atom. The van der Waals surface area contributed by atoms with Gasteiger partial charge in [-0.2, -0.15) is 0 Å². The summed E-state index contributed by atoms with van der Waals surface area (Å²) in [5, 5.41) is 0. The average molecular weight is 220 g/mol. The number of esters is 2. The SMILES string of the molecule is CCOC(=O)c1ccc2c(c1)[C@H](C)C(=O)O2. The van der Waals surface area contributed by atoms with Crippen LogP contribution >= 0.6 is 0 Å². The molecule has 84 valence electrons. The molecule has 0 fully saturated rings. The van der Waals surface area contributed by atoms with E-state index in [4.69, 9.17) is 9.47 Å². The maximum Gasteiger partial charge on any atom is 0.338 e. The predicted molar refractivity (Wildman–Crippen MR) is 56.4 cm³/mol. The first kappa shape index (κ1) is 10.7. The number of fused-ring (bicyclic) bond motifs is 1. The fourth-order valence-corrected chi connectivity index (χ4v) is 1.64. The second-order valence-electron chi connectivity index (χ2n) is 3.62. The van der Waals surface area contributed by atoms with Gasteiger partial charge in [0.2, 0.25) is 0 Å². The summed E-state index contributed by atoms with van der Waals surface area (Å²) in [6.45, 7) is 3.84. The van der Waals surface area contributed by atoms with Gasteiger partial charge in [-0.05, 0) is 32.0 Å². The zero-order valence-corrected chi connectivity index (χ0v) is 9.15. The van der Waals surface area contributed by atoms with Crippen molar-refractivity contribution in [3.8, 4) is 5.75 Å². The Balaban J connectivity index is 2.34. The van der Waals surface area contributed by atoms with Gasteiger partial charge in [0, 0.05) is 5.56 Å². The quantitative estimate of drug-likeness (QED) is 0.564. The summed E-state index contributed by atoms with van der Waals surface area (Å²) in [6.07, 6.45) is 0. The molecule has 1 aromatic carbocycles. The van der Waals surface area contributed by atoms with Crippen molar-refractivity contribution in [3.05, 3.63) is 29.3 Å². The van der Waals surface area contributed by atoms with Crippen LogP contribution in [0.15, 0.2) is 18.2 Å². The lowest BCUT2D eigenvalue weighted by Crippen LogP contribution is -2.06. The third-order valence-corrected chi connectivity index (χ3v) is 2.55. The molecule has 0 aliphatic carbocycles. The fraction of sp³-hybridized carbons (Fsp3) is 0.333. The molecule has 1 aliphatic rings. The first-order chi connectivity index (χ1) is 7.63. The molecule has 2 rings (SSSR count). The number of rotatable bonds is 2. The van der Waals surface area contributed by atoms with Gasteiger partial charge in [0.1, 0.15) is 5.75 Å². The number of carbonyl (C=O) groups is 2. The average Bonchev–Trinajstić information content (AvgIpc) is 2.55. The van der Waals surface area contributed by atoms with E-state index in [9.17, 15) is 9.59 Å². The lowest BCUT2D eigenvalue weighted by molar-refractivity contribution is -0.133. The largest absolute Gasteiger partial charge is 0.462 e. The second-order valence-corrected chi connectivity index (χ2v) is 3.62. The van der Waals surface area contributed by atoms with E-state index in [0.29, 0.717) is 17.9 Å². The topological polar surface area (TPSA) is 52.6 Å². The third kappa shape index (κ3) is 1.66. The molecule has 0 bridgehead atoms. The number of hydrogen-bond acceptors (Lipinski definition) is 4. The van der Waals surface area contributed by atoms with E-state index in [1.807, 2.05) is 0 Å². The summed E-state index contributed by atoms with van der Waals surface area (Å²) in [7, 11) is 0. The molecular formula is C12H12O4. The summed E-state index contributed by atoms with van der Waals surface area (Å²) in [6, 6.07) is 4.88. The molecule has 0 spiro atoms. The smallest absolute Gasteiger partial charge is 0.338 e. The molecule has 1 aromatic rings. The van der Waals surface area contributed by atoms with Gasteiger partial charge in [-0.1, -0.05) is 0 Å². The lowest BCUT2D eigenvalue weighted by atomic mass is 10.0. The standard InChI is InChI=1S/C12H12O4/c1-3-15-12(14)8-4-5-10-9(6-8)7(2)11(13)16-10/h4-7H,3H2,1-2H3/t7-/m0/s1. The van der Waals surface area contributed by atoms with Crippen LogP contribution in [0.5, 0.6) is 5.75 Å². The molecule has 0 unspecified atom stereocenters. The van der Waals surface area contributed by atoms with E-state index in [-0.39, 0.29) is 17.9 Å². The molecule has 16 heavy (non-hydrogen) atoms. The van der Waals surface area contributed by atoms with Gasteiger partial charge in [-0.3, -0.25) is 4.79 Å². The zero-order valence-electron chi connectivity index (χ0n) is 9.15. The van der Waals surface area contributed by atoms with E-state index >= 15 is 0 Å². The minimum Gasteiger partial charge on any atom is -0.462 e. The maximum absolute atomic E-state index is 11.5. The van der Waals surface area contributed by atoms with Gasteiger partial charge in [0.15, 0.2) is 0 Å². The summed E-state index contributed by atoms with van der Waals surface area (Å²) >= 11 is 0. The van der Waals surface area contributed by atoms with Crippen LogP contribution < -0.4 is 4.74 Å². The van der Waals surface area contributed by atoms with Gasteiger partial charge in [0.05, 0.1) is 18.1 Å². The monoisotopic (exact) mass is 220 g/mol. The number of ether oxygens (including phenoxy) is 2.